The fourth-order valence-electron chi connectivity index (χ4n) is 4.08. The Kier molecular flexibility index (Phi) is 5.77. The van der Waals surface area contributed by atoms with Crippen LogP contribution in [0.3, 0.4) is 0 Å². The number of nitrogens with one attached hydrogen (secondary N) is 1. The molecule has 0 bridgehead atoms. The van der Waals surface area contributed by atoms with Crippen LogP contribution in [0.4, 0.5) is 0 Å². The fraction of sp³-hybridized carbons (Fsp3) is 0.346. The molecule has 0 saturated carbocycles. The quantitative estimate of drug-likeness (QED) is 0.579. The van der Waals surface area contributed by atoms with Gasteiger partial charge in [-0.25, -0.2) is 0 Å². The summed E-state index contributed by atoms with van der Waals surface area (Å²) in [6.45, 7) is 6.01. The molecule has 162 valence electrons. The van der Waals surface area contributed by atoms with Gasteiger partial charge < -0.3 is 19.5 Å². The Labute approximate surface area is 183 Å². The minimum atomic E-state index is -0.575. The molecule has 1 heterocycles. The van der Waals surface area contributed by atoms with E-state index in [2.05, 4.69) is 11.4 Å². The van der Waals surface area contributed by atoms with Gasteiger partial charge in [-0.3, -0.25) is 4.79 Å². The van der Waals surface area contributed by atoms with Crippen molar-refractivity contribution in [3.8, 4) is 17.2 Å². The highest BCUT2D eigenvalue weighted by Gasteiger charge is 2.36. The molecule has 0 aliphatic carbocycles. The lowest BCUT2D eigenvalue weighted by atomic mass is 9.89. The van der Waals surface area contributed by atoms with Crippen LogP contribution >= 0.6 is 0 Å². The topological polar surface area (TPSA) is 56.8 Å². The van der Waals surface area contributed by atoms with Crippen molar-refractivity contribution in [2.24, 2.45) is 0 Å². The third kappa shape index (κ3) is 4.61. The minimum Gasteiger partial charge on any atom is -0.497 e. The summed E-state index contributed by atoms with van der Waals surface area (Å²) in [7, 11) is 1.63. The van der Waals surface area contributed by atoms with E-state index in [0.717, 1.165) is 27.8 Å². The molecule has 0 unspecified atom stereocenters. The second kappa shape index (κ2) is 8.50. The molecule has 0 saturated heterocycles. The van der Waals surface area contributed by atoms with Gasteiger partial charge in [-0.2, -0.15) is 0 Å². The number of amides is 1. The van der Waals surface area contributed by atoms with Gasteiger partial charge in [-0.05, 0) is 55.3 Å². The smallest absolute Gasteiger partial charge is 0.261 e. The summed E-state index contributed by atoms with van der Waals surface area (Å²) in [5.74, 6) is 2.04. The molecule has 3 aromatic carbocycles. The first-order chi connectivity index (χ1) is 14.9. The second-order valence-electron chi connectivity index (χ2n) is 8.55. The number of carbonyl (C=O) groups is 1. The van der Waals surface area contributed by atoms with Crippen LogP contribution in [0.2, 0.25) is 0 Å². The van der Waals surface area contributed by atoms with Crippen molar-refractivity contribution in [1.29, 1.82) is 0 Å². The van der Waals surface area contributed by atoms with Gasteiger partial charge >= 0.3 is 0 Å². The maximum Gasteiger partial charge on any atom is 0.261 e. The van der Waals surface area contributed by atoms with E-state index in [1.165, 1.54) is 0 Å². The number of ether oxygens (including phenoxy) is 3. The maximum absolute atomic E-state index is 13.2. The molecule has 0 spiro atoms. The van der Waals surface area contributed by atoms with Gasteiger partial charge in [0.15, 0.2) is 6.10 Å². The summed E-state index contributed by atoms with van der Waals surface area (Å²) >= 11 is 0. The molecule has 1 N–H and O–H groups in total. The summed E-state index contributed by atoms with van der Waals surface area (Å²) in [6, 6.07) is 19.6. The van der Waals surface area contributed by atoms with Gasteiger partial charge in [0.2, 0.25) is 0 Å². The van der Waals surface area contributed by atoms with E-state index >= 15 is 0 Å². The van der Waals surface area contributed by atoms with Crippen LogP contribution in [0.1, 0.15) is 45.2 Å². The number of benzene rings is 3. The number of rotatable bonds is 6. The van der Waals surface area contributed by atoms with Crippen LogP contribution in [0.15, 0.2) is 60.7 Å². The Hall–Kier alpha value is -3.21. The van der Waals surface area contributed by atoms with Gasteiger partial charge in [0.1, 0.15) is 22.8 Å². The zero-order valence-electron chi connectivity index (χ0n) is 18.5. The van der Waals surface area contributed by atoms with E-state index in [1.807, 2.05) is 75.4 Å². The number of hydrogen-bond acceptors (Lipinski definition) is 4. The molecule has 5 heteroatoms. The van der Waals surface area contributed by atoms with Gasteiger partial charge in [-0.15, -0.1) is 0 Å². The highest BCUT2D eigenvalue weighted by molar-refractivity contribution is 5.84. The Bertz CT molecular complexity index is 1090. The molecule has 1 aliphatic rings. The van der Waals surface area contributed by atoms with E-state index in [0.29, 0.717) is 18.6 Å². The molecule has 0 radical (unpaired) electrons. The SMILES string of the molecule is CC[C@@H](Oc1ccc2ccccc2c1)C(=O)N[C@@H]1CC(C)(C)Oc2cc(OC)ccc21. The third-order valence-electron chi connectivity index (χ3n) is 5.66. The van der Waals surface area contributed by atoms with Crippen molar-refractivity contribution in [1.82, 2.24) is 5.32 Å². The van der Waals surface area contributed by atoms with Gasteiger partial charge in [0.25, 0.3) is 5.91 Å². The Morgan fingerprint density at radius 2 is 1.84 bits per heavy atom. The number of methoxy groups -OCH3 is 1. The molecule has 3 aromatic rings. The first-order valence-corrected chi connectivity index (χ1v) is 10.7. The lowest BCUT2D eigenvalue weighted by Crippen LogP contribution is -2.45. The summed E-state index contributed by atoms with van der Waals surface area (Å²) < 4.78 is 17.6. The molecule has 2 atom stereocenters. The lowest BCUT2D eigenvalue weighted by Gasteiger charge is -2.38. The fourth-order valence-corrected chi connectivity index (χ4v) is 4.08. The van der Waals surface area contributed by atoms with Crippen molar-refractivity contribution in [2.45, 2.75) is 51.4 Å². The van der Waals surface area contributed by atoms with Crippen LogP contribution in [0.5, 0.6) is 17.2 Å². The summed E-state index contributed by atoms with van der Waals surface area (Å²) in [6.07, 6.45) is 0.666. The van der Waals surface area contributed by atoms with E-state index in [4.69, 9.17) is 14.2 Å². The van der Waals surface area contributed by atoms with Gasteiger partial charge in [0, 0.05) is 18.1 Å². The highest BCUT2D eigenvalue weighted by atomic mass is 16.5. The summed E-state index contributed by atoms with van der Waals surface area (Å²) in [5.41, 5.74) is 0.548. The van der Waals surface area contributed by atoms with Crippen LogP contribution < -0.4 is 19.5 Å². The summed E-state index contributed by atoms with van der Waals surface area (Å²) in [5, 5.41) is 5.42. The average molecular weight is 420 g/mol. The highest BCUT2D eigenvalue weighted by Crippen LogP contribution is 2.41. The van der Waals surface area contributed by atoms with E-state index in [-0.39, 0.29) is 11.9 Å². The number of fused-ring (bicyclic) bond motifs is 2. The second-order valence-corrected chi connectivity index (χ2v) is 8.55. The predicted octanol–water partition coefficient (Wildman–Crippen LogP) is 5.42. The largest absolute Gasteiger partial charge is 0.497 e. The van der Waals surface area contributed by atoms with Crippen molar-refractivity contribution < 1.29 is 19.0 Å². The Morgan fingerprint density at radius 3 is 2.58 bits per heavy atom. The molecule has 0 aromatic heterocycles. The van der Waals surface area contributed by atoms with E-state index < -0.39 is 11.7 Å². The summed E-state index contributed by atoms with van der Waals surface area (Å²) in [4.78, 5) is 13.2. The molecule has 1 amide bonds. The monoisotopic (exact) mass is 419 g/mol. The molecule has 31 heavy (non-hydrogen) atoms. The van der Waals surface area contributed by atoms with Crippen molar-refractivity contribution in [2.75, 3.05) is 7.11 Å². The number of hydrogen-bond donors (Lipinski definition) is 1. The maximum atomic E-state index is 13.2. The lowest BCUT2D eigenvalue weighted by molar-refractivity contribution is -0.129. The molecular formula is C26H29NO4. The van der Waals surface area contributed by atoms with Crippen LogP contribution in [0, 0.1) is 0 Å². The zero-order chi connectivity index (χ0) is 22.0. The van der Waals surface area contributed by atoms with Gasteiger partial charge in [-0.1, -0.05) is 37.3 Å². The molecule has 0 fully saturated rings. The van der Waals surface area contributed by atoms with Crippen molar-refractivity contribution in [3.05, 3.63) is 66.2 Å². The van der Waals surface area contributed by atoms with Crippen LogP contribution in [-0.2, 0) is 4.79 Å². The average Bonchev–Trinajstić information content (AvgIpc) is 2.76. The van der Waals surface area contributed by atoms with Crippen molar-refractivity contribution >= 4 is 16.7 Å². The minimum absolute atomic E-state index is 0.125. The molecule has 1 aliphatic heterocycles. The Balaban J connectivity index is 1.53. The molecule has 5 nitrogen and oxygen atoms in total. The van der Waals surface area contributed by atoms with E-state index in [9.17, 15) is 4.79 Å². The number of carbonyl (C=O) groups excluding carboxylic acids is 1. The molecule has 4 rings (SSSR count). The van der Waals surface area contributed by atoms with E-state index in [1.54, 1.807) is 7.11 Å². The van der Waals surface area contributed by atoms with Gasteiger partial charge in [0.05, 0.1) is 13.2 Å². The van der Waals surface area contributed by atoms with Crippen molar-refractivity contribution in [3.63, 3.8) is 0 Å². The predicted molar refractivity (Wildman–Crippen MR) is 122 cm³/mol. The Morgan fingerprint density at radius 1 is 1.10 bits per heavy atom. The first kappa shape index (κ1) is 21.0. The first-order valence-electron chi connectivity index (χ1n) is 10.7. The van der Waals surface area contributed by atoms with Crippen LogP contribution in [0.25, 0.3) is 10.8 Å². The zero-order valence-corrected chi connectivity index (χ0v) is 18.5. The standard InChI is InChI=1S/C26H29NO4/c1-5-23(30-20-11-10-17-8-6-7-9-18(17)14-20)25(28)27-22-16-26(2,3)31-24-15-19(29-4)12-13-21(22)24/h6-15,22-23H,5,16H2,1-4H3,(H,27,28)/t22-,23-/m1/s1. The molecular weight excluding hydrogens is 390 g/mol. The third-order valence-corrected chi connectivity index (χ3v) is 5.66. The van der Waals surface area contributed by atoms with Crippen LogP contribution in [-0.4, -0.2) is 24.7 Å². The normalized spacial score (nSPS) is 17.9.